The molecule has 3 fully saturated rings. The minimum atomic E-state index is -0.0133. The predicted octanol–water partition coefficient (Wildman–Crippen LogP) is 3.68. The number of aromatic nitrogens is 3. The van der Waals surface area contributed by atoms with E-state index in [2.05, 4.69) is 14.8 Å². The molecule has 27 heavy (non-hydrogen) atoms. The molecule has 2 heterocycles. The lowest BCUT2D eigenvalue weighted by Gasteiger charge is -2.42. The monoisotopic (exact) mass is 386 g/mol. The summed E-state index contributed by atoms with van der Waals surface area (Å²) in [5, 5.41) is 9.21. The normalized spacial score (nSPS) is 23.5. The molecule has 1 aliphatic heterocycles. The first-order valence-corrected chi connectivity index (χ1v) is 10.0. The van der Waals surface area contributed by atoms with E-state index < -0.39 is 0 Å². The van der Waals surface area contributed by atoms with Crippen molar-refractivity contribution in [2.75, 3.05) is 20.2 Å². The lowest BCUT2D eigenvalue weighted by Crippen LogP contribution is -2.38. The van der Waals surface area contributed by atoms with Gasteiger partial charge >= 0.3 is 0 Å². The summed E-state index contributed by atoms with van der Waals surface area (Å²) in [6, 6.07) is 5.75. The molecule has 1 spiro atoms. The van der Waals surface area contributed by atoms with E-state index in [0.717, 1.165) is 25.2 Å². The number of hydrogen-bond acceptors (Lipinski definition) is 4. The first kappa shape index (κ1) is 17.0. The van der Waals surface area contributed by atoms with Gasteiger partial charge in [-0.3, -0.25) is 4.79 Å². The van der Waals surface area contributed by atoms with Gasteiger partial charge in [0.2, 0.25) is 0 Å². The number of amides is 1. The molecule has 2 aromatic rings. The van der Waals surface area contributed by atoms with Gasteiger partial charge in [-0.1, -0.05) is 18.0 Å². The number of ether oxygens (including phenoxy) is 1. The third-order valence-corrected chi connectivity index (χ3v) is 6.76. The van der Waals surface area contributed by atoms with Crippen LogP contribution in [0.5, 0.6) is 5.75 Å². The van der Waals surface area contributed by atoms with Gasteiger partial charge in [-0.25, -0.2) is 0 Å². The second-order valence-electron chi connectivity index (χ2n) is 8.13. The maximum absolute atomic E-state index is 13.3. The Morgan fingerprint density at radius 1 is 1.33 bits per heavy atom. The van der Waals surface area contributed by atoms with Crippen LogP contribution in [0.1, 0.15) is 60.2 Å². The van der Waals surface area contributed by atoms with Gasteiger partial charge in [0.1, 0.15) is 17.9 Å². The Balaban J connectivity index is 1.46. The quantitative estimate of drug-likeness (QED) is 0.804. The molecule has 6 nitrogen and oxygen atoms in total. The first-order chi connectivity index (χ1) is 13.1. The molecule has 1 atom stereocenters. The number of carbonyl (C=O) groups is 1. The molecule has 1 saturated heterocycles. The van der Waals surface area contributed by atoms with Crippen LogP contribution in [0.3, 0.4) is 0 Å². The molecule has 0 radical (unpaired) electrons. The van der Waals surface area contributed by atoms with E-state index >= 15 is 0 Å². The molecule has 0 bridgehead atoms. The highest BCUT2D eigenvalue weighted by Crippen LogP contribution is 2.56. The molecule has 1 aromatic carbocycles. The van der Waals surface area contributed by atoms with Crippen LogP contribution in [-0.4, -0.2) is 45.8 Å². The zero-order valence-corrected chi connectivity index (χ0v) is 16.2. The van der Waals surface area contributed by atoms with Crippen molar-refractivity contribution in [2.24, 2.45) is 5.41 Å². The minimum Gasteiger partial charge on any atom is -0.496 e. The summed E-state index contributed by atoms with van der Waals surface area (Å²) < 4.78 is 7.65. The summed E-state index contributed by atoms with van der Waals surface area (Å²) in [4.78, 5) is 15.3. The van der Waals surface area contributed by atoms with Crippen molar-refractivity contribution in [1.29, 1.82) is 0 Å². The van der Waals surface area contributed by atoms with Crippen molar-refractivity contribution >= 4 is 17.5 Å². The second-order valence-corrected chi connectivity index (χ2v) is 8.56. The molecular weight excluding hydrogens is 364 g/mol. The summed E-state index contributed by atoms with van der Waals surface area (Å²) in [6.07, 6.45) is 7.78. The van der Waals surface area contributed by atoms with Gasteiger partial charge in [-0.05, 0) is 49.3 Å². The molecule has 5 rings (SSSR count). The van der Waals surface area contributed by atoms with Crippen LogP contribution in [0.25, 0.3) is 0 Å². The van der Waals surface area contributed by atoms with Crippen LogP contribution in [-0.2, 0) is 0 Å². The van der Waals surface area contributed by atoms with E-state index in [0.29, 0.717) is 28.9 Å². The second kappa shape index (κ2) is 6.23. The topological polar surface area (TPSA) is 60.2 Å². The standard InChI is InChI=1S/C20H23ClN4O2/c1-27-17-6-3-13(21)9-15(17)19(26)24-10-16(20(11-24)7-2-8-20)18-23-22-12-25(18)14-4-5-14/h3,6,9,12,14,16H,2,4-5,7-8,10-11H2,1H3. The van der Waals surface area contributed by atoms with E-state index in [9.17, 15) is 4.79 Å². The number of methoxy groups -OCH3 is 1. The van der Waals surface area contributed by atoms with Crippen LogP contribution in [0.15, 0.2) is 24.5 Å². The summed E-state index contributed by atoms with van der Waals surface area (Å²) >= 11 is 6.14. The van der Waals surface area contributed by atoms with Crippen molar-refractivity contribution < 1.29 is 9.53 Å². The lowest BCUT2D eigenvalue weighted by molar-refractivity contribution is 0.0720. The molecule has 2 saturated carbocycles. The number of nitrogens with zero attached hydrogens (tertiary/aromatic N) is 4. The van der Waals surface area contributed by atoms with Gasteiger partial charge in [0.25, 0.3) is 5.91 Å². The first-order valence-electron chi connectivity index (χ1n) is 9.63. The Hall–Kier alpha value is -2.08. The van der Waals surface area contributed by atoms with Gasteiger partial charge < -0.3 is 14.2 Å². The lowest BCUT2D eigenvalue weighted by atomic mass is 9.62. The van der Waals surface area contributed by atoms with Crippen LogP contribution in [0.4, 0.5) is 0 Å². The molecule has 2 aliphatic carbocycles. The summed E-state index contributed by atoms with van der Waals surface area (Å²) in [7, 11) is 1.58. The Morgan fingerprint density at radius 2 is 2.15 bits per heavy atom. The fourth-order valence-corrected chi connectivity index (χ4v) is 4.94. The molecule has 1 unspecified atom stereocenters. The molecule has 0 N–H and O–H groups in total. The van der Waals surface area contributed by atoms with E-state index in [1.807, 2.05) is 11.2 Å². The number of benzene rings is 1. The van der Waals surface area contributed by atoms with Crippen LogP contribution in [0.2, 0.25) is 5.02 Å². The van der Waals surface area contributed by atoms with Gasteiger partial charge in [0.05, 0.1) is 12.7 Å². The highest BCUT2D eigenvalue weighted by molar-refractivity contribution is 6.31. The average Bonchev–Trinajstić information content (AvgIpc) is 3.22. The smallest absolute Gasteiger partial charge is 0.257 e. The minimum absolute atomic E-state index is 0.0133. The van der Waals surface area contributed by atoms with E-state index in [-0.39, 0.29) is 17.2 Å². The van der Waals surface area contributed by atoms with Crippen molar-refractivity contribution in [3.05, 3.63) is 40.9 Å². The van der Waals surface area contributed by atoms with Gasteiger partial charge in [-0.2, -0.15) is 0 Å². The number of carbonyl (C=O) groups excluding carboxylic acids is 1. The summed E-state index contributed by atoms with van der Waals surface area (Å²) in [5.74, 6) is 1.87. The van der Waals surface area contributed by atoms with Crippen molar-refractivity contribution in [2.45, 2.75) is 44.1 Å². The fraction of sp³-hybridized carbons (Fsp3) is 0.550. The van der Waals surface area contributed by atoms with E-state index in [1.54, 1.807) is 25.3 Å². The van der Waals surface area contributed by atoms with E-state index in [1.165, 1.54) is 19.3 Å². The maximum Gasteiger partial charge on any atom is 0.257 e. The number of hydrogen-bond donors (Lipinski definition) is 0. The zero-order valence-electron chi connectivity index (χ0n) is 15.4. The number of halogens is 1. The Morgan fingerprint density at radius 3 is 2.81 bits per heavy atom. The van der Waals surface area contributed by atoms with Crippen LogP contribution in [0, 0.1) is 5.41 Å². The zero-order chi connectivity index (χ0) is 18.6. The summed E-state index contributed by atoms with van der Waals surface area (Å²) in [6.45, 7) is 1.45. The Kier molecular flexibility index (Phi) is 3.93. The SMILES string of the molecule is COc1ccc(Cl)cc1C(=O)N1CC(c2nncn2C2CC2)C2(CCC2)C1. The highest BCUT2D eigenvalue weighted by Gasteiger charge is 2.54. The summed E-state index contributed by atoms with van der Waals surface area (Å²) in [5.41, 5.74) is 0.671. The van der Waals surface area contributed by atoms with Crippen molar-refractivity contribution in [3.8, 4) is 5.75 Å². The molecular formula is C20H23ClN4O2. The van der Waals surface area contributed by atoms with E-state index in [4.69, 9.17) is 16.3 Å². The van der Waals surface area contributed by atoms with Crippen LogP contribution >= 0.6 is 11.6 Å². The average molecular weight is 387 g/mol. The molecule has 3 aliphatic rings. The van der Waals surface area contributed by atoms with Crippen LogP contribution < -0.4 is 4.74 Å². The van der Waals surface area contributed by atoms with Gasteiger partial charge in [0.15, 0.2) is 0 Å². The largest absolute Gasteiger partial charge is 0.496 e. The molecule has 142 valence electrons. The third kappa shape index (κ3) is 2.73. The van der Waals surface area contributed by atoms with Gasteiger partial charge in [0, 0.05) is 30.1 Å². The third-order valence-electron chi connectivity index (χ3n) is 6.53. The molecule has 1 amide bonds. The van der Waals surface area contributed by atoms with Crippen molar-refractivity contribution in [1.82, 2.24) is 19.7 Å². The molecule has 1 aromatic heterocycles. The Bertz CT molecular complexity index is 888. The van der Waals surface area contributed by atoms with Gasteiger partial charge in [-0.15, -0.1) is 10.2 Å². The van der Waals surface area contributed by atoms with Crippen molar-refractivity contribution in [3.63, 3.8) is 0 Å². The predicted molar refractivity (Wildman–Crippen MR) is 101 cm³/mol. The number of likely N-dealkylation sites (tertiary alicyclic amines) is 1. The highest BCUT2D eigenvalue weighted by atomic mass is 35.5. The maximum atomic E-state index is 13.3. The fourth-order valence-electron chi connectivity index (χ4n) is 4.77. The Labute approximate surface area is 163 Å². The molecule has 7 heteroatoms. The number of rotatable bonds is 4.